The molecule has 0 saturated heterocycles. The lowest BCUT2D eigenvalue weighted by molar-refractivity contribution is -0.150. The molecule has 0 spiro atoms. The van der Waals surface area contributed by atoms with Crippen LogP contribution in [0.1, 0.15) is 46.6 Å². The van der Waals surface area contributed by atoms with Crippen LogP contribution in [-0.4, -0.2) is 56.9 Å². The van der Waals surface area contributed by atoms with Gasteiger partial charge in [0.1, 0.15) is 24.2 Å². The highest BCUT2D eigenvalue weighted by Crippen LogP contribution is 2.45. The number of benzene rings is 1. The summed E-state index contributed by atoms with van der Waals surface area (Å²) < 4.78 is 44.2. The van der Waals surface area contributed by atoms with E-state index in [0.29, 0.717) is 35.6 Å². The molecule has 218 valence electrons. The molecule has 1 aromatic carbocycles. The maximum absolute atomic E-state index is 14.2. The Morgan fingerprint density at radius 1 is 1.15 bits per heavy atom. The average molecular weight is 577 g/mol. The Labute approximate surface area is 233 Å². The average Bonchev–Trinajstić information content (AvgIpc) is 3.53. The van der Waals surface area contributed by atoms with E-state index in [4.69, 9.17) is 29.2 Å². The lowest BCUT2D eigenvalue weighted by atomic mass is 10.0. The van der Waals surface area contributed by atoms with Crippen LogP contribution in [0.2, 0.25) is 0 Å². The summed E-state index contributed by atoms with van der Waals surface area (Å²) in [4.78, 5) is 25.4. The molecule has 14 heteroatoms. The van der Waals surface area contributed by atoms with Crippen LogP contribution >= 0.6 is 7.52 Å². The lowest BCUT2D eigenvalue weighted by Gasteiger charge is -2.27. The molecule has 3 atom stereocenters. The minimum atomic E-state index is -3.73. The van der Waals surface area contributed by atoms with Crippen molar-refractivity contribution < 1.29 is 32.8 Å². The summed E-state index contributed by atoms with van der Waals surface area (Å²) in [6.07, 6.45) is 2.35. The Balaban J connectivity index is 1.49. The standard InChI is InChI=1S/C26H37N6O7P/c1-16(2)8-20(26(33)39-17(3)4)31-40(34,38-11-19-6-7-21-22(9-19)36-14-35-21)15-37-18(5)10-32-13-30-23-24(27)28-12-29-25(23)32/h6-7,9,12-13,16-18,20H,8,10-11,14-15H2,1-5H3,(H,31,34)(H2,27,28,29)/t18-,20-,40?/m1/s1. The Hall–Kier alpha value is -3.25. The molecule has 1 aliphatic rings. The Morgan fingerprint density at radius 3 is 2.67 bits per heavy atom. The van der Waals surface area contributed by atoms with E-state index in [2.05, 4.69) is 20.0 Å². The second-order valence-corrected chi connectivity index (χ2v) is 12.5. The molecule has 0 saturated carbocycles. The first-order valence-corrected chi connectivity index (χ1v) is 15.0. The predicted molar refractivity (Wildman–Crippen MR) is 148 cm³/mol. The van der Waals surface area contributed by atoms with Gasteiger partial charge in [-0.3, -0.25) is 9.36 Å². The number of nitrogen functional groups attached to an aromatic ring is 1. The van der Waals surface area contributed by atoms with Gasteiger partial charge < -0.3 is 33.8 Å². The van der Waals surface area contributed by atoms with Gasteiger partial charge in [-0.05, 0) is 50.8 Å². The largest absolute Gasteiger partial charge is 0.462 e. The smallest absolute Gasteiger partial charge is 0.323 e. The molecule has 13 nitrogen and oxygen atoms in total. The Kier molecular flexibility index (Phi) is 9.62. The molecule has 3 aromatic rings. The number of rotatable bonds is 14. The molecule has 40 heavy (non-hydrogen) atoms. The van der Waals surface area contributed by atoms with Crippen molar-refractivity contribution in [3.05, 3.63) is 36.4 Å². The topological polar surface area (TPSA) is 162 Å². The highest BCUT2D eigenvalue weighted by molar-refractivity contribution is 7.56. The Morgan fingerprint density at radius 2 is 1.93 bits per heavy atom. The van der Waals surface area contributed by atoms with Crippen molar-refractivity contribution in [3.63, 3.8) is 0 Å². The molecule has 3 heterocycles. The van der Waals surface area contributed by atoms with Crippen molar-refractivity contribution in [1.29, 1.82) is 0 Å². The summed E-state index contributed by atoms with van der Waals surface area (Å²) in [7, 11) is -3.73. The molecule has 0 amide bonds. The monoisotopic (exact) mass is 576 g/mol. The minimum Gasteiger partial charge on any atom is -0.462 e. The zero-order valence-corrected chi connectivity index (χ0v) is 24.3. The number of carbonyl (C=O) groups is 1. The SMILES string of the molecule is CC(C)C[C@@H](NP(=O)(CO[C@H](C)Cn1cnc2c(N)ncnc21)OCc1ccc2c(c1)OCO2)C(=O)OC(C)C. The van der Waals surface area contributed by atoms with Crippen LogP contribution in [0.15, 0.2) is 30.9 Å². The molecule has 0 aliphatic carbocycles. The van der Waals surface area contributed by atoms with Gasteiger partial charge in [-0.25, -0.2) is 20.0 Å². The summed E-state index contributed by atoms with van der Waals surface area (Å²) in [6.45, 7) is 9.81. The molecule has 0 radical (unpaired) electrons. The number of nitrogens with two attached hydrogens (primary N) is 1. The van der Waals surface area contributed by atoms with Crippen LogP contribution in [-0.2, 0) is 36.5 Å². The lowest BCUT2D eigenvalue weighted by Crippen LogP contribution is -2.39. The van der Waals surface area contributed by atoms with E-state index in [0.717, 1.165) is 5.56 Å². The highest BCUT2D eigenvalue weighted by Gasteiger charge is 2.34. The molecule has 0 fully saturated rings. The molecule has 1 aliphatic heterocycles. The first kappa shape index (κ1) is 29.7. The highest BCUT2D eigenvalue weighted by atomic mass is 31.2. The van der Waals surface area contributed by atoms with E-state index in [-0.39, 0.29) is 37.6 Å². The van der Waals surface area contributed by atoms with Crippen molar-refractivity contribution in [3.8, 4) is 11.5 Å². The number of esters is 1. The van der Waals surface area contributed by atoms with E-state index >= 15 is 0 Å². The fourth-order valence-electron chi connectivity index (χ4n) is 4.13. The van der Waals surface area contributed by atoms with Gasteiger partial charge in [0.05, 0.1) is 31.7 Å². The van der Waals surface area contributed by atoms with Gasteiger partial charge in [0.2, 0.25) is 6.79 Å². The van der Waals surface area contributed by atoms with Crippen LogP contribution in [0, 0.1) is 5.92 Å². The number of aromatic nitrogens is 4. The minimum absolute atomic E-state index is 0.00532. The fourth-order valence-corrected chi connectivity index (χ4v) is 5.85. The number of hydrogen-bond donors (Lipinski definition) is 2. The van der Waals surface area contributed by atoms with E-state index in [1.165, 1.54) is 6.33 Å². The van der Waals surface area contributed by atoms with Gasteiger partial charge >= 0.3 is 5.97 Å². The van der Waals surface area contributed by atoms with E-state index < -0.39 is 25.6 Å². The summed E-state index contributed by atoms with van der Waals surface area (Å²) in [5.74, 6) is 1.14. The summed E-state index contributed by atoms with van der Waals surface area (Å²) in [5, 5.41) is 2.96. The second kappa shape index (κ2) is 12.9. The van der Waals surface area contributed by atoms with Gasteiger partial charge in [0.15, 0.2) is 23.0 Å². The number of nitrogens with zero attached hydrogens (tertiary/aromatic N) is 4. The van der Waals surface area contributed by atoms with Crippen LogP contribution in [0.5, 0.6) is 11.5 Å². The number of ether oxygens (including phenoxy) is 4. The molecule has 4 rings (SSSR count). The normalized spacial score (nSPS) is 15.9. The second-order valence-electron chi connectivity index (χ2n) is 10.4. The van der Waals surface area contributed by atoms with E-state index in [1.54, 1.807) is 42.9 Å². The predicted octanol–water partition coefficient (Wildman–Crippen LogP) is 3.87. The van der Waals surface area contributed by atoms with Crippen molar-refractivity contribution in [2.24, 2.45) is 5.92 Å². The third-order valence-electron chi connectivity index (χ3n) is 5.99. The number of carbonyl (C=O) groups excluding carboxylic acids is 1. The van der Waals surface area contributed by atoms with Crippen molar-refractivity contribution >= 4 is 30.5 Å². The van der Waals surface area contributed by atoms with Gasteiger partial charge in [-0.15, -0.1) is 0 Å². The van der Waals surface area contributed by atoms with Gasteiger partial charge in [-0.1, -0.05) is 19.9 Å². The van der Waals surface area contributed by atoms with E-state index in [1.807, 2.05) is 20.8 Å². The van der Waals surface area contributed by atoms with Crippen molar-refractivity contribution in [1.82, 2.24) is 24.6 Å². The first-order valence-electron chi connectivity index (χ1n) is 13.2. The summed E-state index contributed by atoms with van der Waals surface area (Å²) in [5.41, 5.74) is 7.68. The van der Waals surface area contributed by atoms with Gasteiger partial charge in [0, 0.05) is 0 Å². The molecule has 1 unspecified atom stereocenters. The quantitative estimate of drug-likeness (QED) is 0.211. The third kappa shape index (κ3) is 7.69. The number of nitrogens with one attached hydrogen (secondary N) is 1. The Bertz CT molecular complexity index is 1360. The number of fused-ring (bicyclic) bond motifs is 2. The van der Waals surface area contributed by atoms with Crippen molar-refractivity contribution in [2.45, 2.75) is 72.4 Å². The van der Waals surface area contributed by atoms with Crippen molar-refractivity contribution in [2.75, 3.05) is 18.9 Å². The molecule has 2 aromatic heterocycles. The summed E-state index contributed by atoms with van der Waals surface area (Å²) in [6, 6.07) is 4.50. The summed E-state index contributed by atoms with van der Waals surface area (Å²) >= 11 is 0. The third-order valence-corrected chi connectivity index (χ3v) is 7.73. The molecule has 0 bridgehead atoms. The number of imidazole rings is 1. The zero-order chi connectivity index (χ0) is 28.9. The maximum atomic E-state index is 14.2. The first-order chi connectivity index (χ1) is 19.0. The van der Waals surface area contributed by atoms with Crippen LogP contribution in [0.3, 0.4) is 0 Å². The number of anilines is 1. The maximum Gasteiger partial charge on any atom is 0.323 e. The van der Waals surface area contributed by atoms with Gasteiger partial charge in [0.25, 0.3) is 7.52 Å². The van der Waals surface area contributed by atoms with Crippen LogP contribution in [0.25, 0.3) is 11.2 Å². The van der Waals surface area contributed by atoms with Crippen LogP contribution in [0.4, 0.5) is 5.82 Å². The molecular formula is C26H37N6O7P. The molecular weight excluding hydrogens is 539 g/mol. The zero-order valence-electron chi connectivity index (χ0n) is 23.4. The van der Waals surface area contributed by atoms with E-state index in [9.17, 15) is 9.36 Å². The van der Waals surface area contributed by atoms with Crippen LogP contribution < -0.4 is 20.3 Å². The van der Waals surface area contributed by atoms with Gasteiger partial charge in [-0.2, -0.15) is 0 Å². The molecule has 3 N–H and O–H groups in total. The fraction of sp³-hybridized carbons (Fsp3) is 0.538. The number of hydrogen-bond acceptors (Lipinski definition) is 11.